The SMILES string of the molecule is COC(c1nc2c(c(C3CCC3)n1)CNCC2)C1CC1. The van der Waals surface area contributed by atoms with Crippen LogP contribution in [0, 0.1) is 5.92 Å². The molecule has 0 aromatic carbocycles. The number of nitrogens with zero attached hydrogens (tertiary/aromatic N) is 2. The van der Waals surface area contributed by atoms with Crippen LogP contribution in [0.15, 0.2) is 0 Å². The molecular weight excluding hydrogens is 250 g/mol. The minimum absolute atomic E-state index is 0.119. The molecule has 108 valence electrons. The van der Waals surface area contributed by atoms with E-state index in [1.165, 1.54) is 49.1 Å². The van der Waals surface area contributed by atoms with Crippen LogP contribution in [-0.2, 0) is 17.7 Å². The maximum absolute atomic E-state index is 5.70. The molecule has 1 N–H and O–H groups in total. The third-order valence-corrected chi connectivity index (χ3v) is 5.03. The fourth-order valence-electron chi connectivity index (χ4n) is 3.44. The zero-order chi connectivity index (χ0) is 13.5. The Labute approximate surface area is 120 Å². The highest BCUT2D eigenvalue weighted by molar-refractivity contribution is 5.32. The number of nitrogens with one attached hydrogen (secondary N) is 1. The van der Waals surface area contributed by atoms with Crippen LogP contribution in [0.3, 0.4) is 0 Å². The maximum Gasteiger partial charge on any atom is 0.157 e. The lowest BCUT2D eigenvalue weighted by molar-refractivity contribution is 0.0765. The molecule has 2 saturated carbocycles. The number of ether oxygens (including phenoxy) is 1. The first-order valence-corrected chi connectivity index (χ1v) is 8.00. The molecule has 1 aromatic rings. The van der Waals surface area contributed by atoms with Crippen molar-refractivity contribution in [2.45, 2.75) is 57.1 Å². The summed E-state index contributed by atoms with van der Waals surface area (Å²) < 4.78 is 5.70. The molecule has 1 unspecified atom stereocenters. The molecule has 1 atom stereocenters. The van der Waals surface area contributed by atoms with E-state index in [4.69, 9.17) is 14.7 Å². The molecule has 4 heteroatoms. The van der Waals surface area contributed by atoms with E-state index in [9.17, 15) is 0 Å². The van der Waals surface area contributed by atoms with Gasteiger partial charge in [-0.25, -0.2) is 9.97 Å². The third-order valence-electron chi connectivity index (χ3n) is 5.03. The van der Waals surface area contributed by atoms with Crippen molar-refractivity contribution >= 4 is 0 Å². The van der Waals surface area contributed by atoms with E-state index in [1.54, 1.807) is 7.11 Å². The normalized spacial score (nSPS) is 24.1. The lowest BCUT2D eigenvalue weighted by Crippen LogP contribution is -2.29. The van der Waals surface area contributed by atoms with Gasteiger partial charge in [-0.2, -0.15) is 0 Å². The highest BCUT2D eigenvalue weighted by Crippen LogP contribution is 2.43. The highest BCUT2D eigenvalue weighted by atomic mass is 16.5. The van der Waals surface area contributed by atoms with Crippen molar-refractivity contribution in [3.8, 4) is 0 Å². The largest absolute Gasteiger partial charge is 0.373 e. The zero-order valence-electron chi connectivity index (χ0n) is 12.2. The summed E-state index contributed by atoms with van der Waals surface area (Å²) in [5.74, 6) is 2.27. The van der Waals surface area contributed by atoms with Gasteiger partial charge >= 0.3 is 0 Å². The second-order valence-corrected chi connectivity index (χ2v) is 6.44. The van der Waals surface area contributed by atoms with Crippen LogP contribution in [0.5, 0.6) is 0 Å². The van der Waals surface area contributed by atoms with E-state index >= 15 is 0 Å². The first-order chi connectivity index (χ1) is 9.86. The van der Waals surface area contributed by atoms with E-state index in [0.29, 0.717) is 11.8 Å². The van der Waals surface area contributed by atoms with Gasteiger partial charge in [0, 0.05) is 38.1 Å². The van der Waals surface area contributed by atoms with E-state index in [1.807, 2.05) is 0 Å². The van der Waals surface area contributed by atoms with Crippen molar-refractivity contribution in [2.75, 3.05) is 13.7 Å². The predicted molar refractivity (Wildman–Crippen MR) is 76.5 cm³/mol. The van der Waals surface area contributed by atoms with E-state index in [-0.39, 0.29) is 6.10 Å². The predicted octanol–water partition coefficient (Wildman–Crippen LogP) is 2.49. The van der Waals surface area contributed by atoms with Crippen molar-refractivity contribution in [1.29, 1.82) is 0 Å². The maximum atomic E-state index is 5.70. The van der Waals surface area contributed by atoms with Gasteiger partial charge in [0.05, 0.1) is 11.4 Å². The second kappa shape index (κ2) is 5.08. The third kappa shape index (κ3) is 2.15. The molecule has 1 aromatic heterocycles. The van der Waals surface area contributed by atoms with Gasteiger partial charge in [0.1, 0.15) is 6.10 Å². The average Bonchev–Trinajstić information content (AvgIpc) is 3.22. The number of methoxy groups -OCH3 is 1. The van der Waals surface area contributed by atoms with Gasteiger partial charge in [-0.05, 0) is 31.6 Å². The van der Waals surface area contributed by atoms with Crippen molar-refractivity contribution in [3.05, 3.63) is 22.8 Å². The molecule has 2 heterocycles. The number of hydrogen-bond donors (Lipinski definition) is 1. The number of fused-ring (bicyclic) bond motifs is 1. The summed E-state index contributed by atoms with van der Waals surface area (Å²) in [5, 5.41) is 3.47. The van der Waals surface area contributed by atoms with Crippen LogP contribution in [-0.4, -0.2) is 23.6 Å². The first kappa shape index (κ1) is 12.7. The van der Waals surface area contributed by atoms with E-state index < -0.39 is 0 Å². The van der Waals surface area contributed by atoms with Crippen LogP contribution >= 0.6 is 0 Å². The number of rotatable bonds is 4. The Morgan fingerprint density at radius 3 is 2.70 bits per heavy atom. The first-order valence-electron chi connectivity index (χ1n) is 8.00. The number of hydrogen-bond acceptors (Lipinski definition) is 4. The minimum Gasteiger partial charge on any atom is -0.373 e. The van der Waals surface area contributed by atoms with Crippen molar-refractivity contribution < 1.29 is 4.74 Å². The summed E-state index contributed by atoms with van der Waals surface area (Å²) in [4.78, 5) is 9.84. The van der Waals surface area contributed by atoms with Gasteiger partial charge in [-0.1, -0.05) is 6.42 Å². The standard InChI is InChI=1S/C16H23N3O/c1-20-15(11-5-6-11)16-18-13-7-8-17-9-12(13)14(19-16)10-3-2-4-10/h10-11,15,17H,2-9H2,1H3. The van der Waals surface area contributed by atoms with Gasteiger partial charge in [0.15, 0.2) is 5.82 Å². The Balaban J connectivity index is 1.75. The lowest BCUT2D eigenvalue weighted by Gasteiger charge is -2.30. The van der Waals surface area contributed by atoms with Gasteiger partial charge < -0.3 is 10.1 Å². The summed E-state index contributed by atoms with van der Waals surface area (Å²) in [6.45, 7) is 1.98. The number of aromatic nitrogens is 2. The van der Waals surface area contributed by atoms with Crippen LogP contribution < -0.4 is 5.32 Å². The average molecular weight is 273 g/mol. The summed E-state index contributed by atoms with van der Waals surface area (Å²) in [6, 6.07) is 0. The Morgan fingerprint density at radius 1 is 1.20 bits per heavy atom. The van der Waals surface area contributed by atoms with Gasteiger partial charge in [0.25, 0.3) is 0 Å². The molecule has 2 aliphatic carbocycles. The fraction of sp³-hybridized carbons (Fsp3) is 0.750. The summed E-state index contributed by atoms with van der Waals surface area (Å²) in [5.41, 5.74) is 3.99. The molecule has 4 nitrogen and oxygen atoms in total. The quantitative estimate of drug-likeness (QED) is 0.915. The molecule has 3 aliphatic rings. The van der Waals surface area contributed by atoms with E-state index in [0.717, 1.165) is 25.3 Å². The monoisotopic (exact) mass is 273 g/mol. The summed E-state index contributed by atoms with van der Waals surface area (Å²) in [6.07, 6.45) is 7.62. The topological polar surface area (TPSA) is 47.0 Å². The fourth-order valence-corrected chi connectivity index (χ4v) is 3.44. The molecular formula is C16H23N3O. The molecule has 0 amide bonds. The van der Waals surface area contributed by atoms with Gasteiger partial charge in [-0.3, -0.25) is 0 Å². The van der Waals surface area contributed by atoms with Crippen LogP contribution in [0.25, 0.3) is 0 Å². The van der Waals surface area contributed by atoms with Crippen LogP contribution in [0.4, 0.5) is 0 Å². The Kier molecular flexibility index (Phi) is 3.23. The Morgan fingerprint density at radius 2 is 2.05 bits per heavy atom. The Hall–Kier alpha value is -1.00. The summed E-state index contributed by atoms with van der Waals surface area (Å²) >= 11 is 0. The molecule has 4 rings (SSSR count). The van der Waals surface area contributed by atoms with Crippen molar-refractivity contribution in [2.24, 2.45) is 5.92 Å². The highest BCUT2D eigenvalue weighted by Gasteiger charge is 2.36. The van der Waals surface area contributed by atoms with Gasteiger partial charge in [0.2, 0.25) is 0 Å². The van der Waals surface area contributed by atoms with Gasteiger partial charge in [-0.15, -0.1) is 0 Å². The zero-order valence-corrected chi connectivity index (χ0v) is 12.2. The van der Waals surface area contributed by atoms with Crippen molar-refractivity contribution in [1.82, 2.24) is 15.3 Å². The molecule has 2 fully saturated rings. The smallest absolute Gasteiger partial charge is 0.157 e. The molecule has 0 bridgehead atoms. The molecule has 0 saturated heterocycles. The molecule has 1 aliphatic heterocycles. The molecule has 20 heavy (non-hydrogen) atoms. The Bertz CT molecular complexity index is 509. The molecule has 0 radical (unpaired) electrons. The molecule has 0 spiro atoms. The van der Waals surface area contributed by atoms with Crippen molar-refractivity contribution in [3.63, 3.8) is 0 Å². The second-order valence-electron chi connectivity index (χ2n) is 6.44. The summed E-state index contributed by atoms with van der Waals surface area (Å²) in [7, 11) is 1.80. The van der Waals surface area contributed by atoms with E-state index in [2.05, 4.69) is 5.32 Å². The minimum atomic E-state index is 0.119. The van der Waals surface area contributed by atoms with Crippen LogP contribution in [0.2, 0.25) is 0 Å². The lowest BCUT2D eigenvalue weighted by atomic mass is 9.80. The van der Waals surface area contributed by atoms with Crippen LogP contribution in [0.1, 0.15) is 66.9 Å².